The molecule has 0 spiro atoms. The summed E-state index contributed by atoms with van der Waals surface area (Å²) in [7, 11) is 0. The number of nitrogens with one attached hydrogen (secondary N) is 1. The standard InChI is InChI=1S/C11H14ClNO2/c1-8-4-5-10(9(12)7-8)13-11(15)3-2-6-14/h4-5,7,14H,2-3,6H2,1H3,(H,13,15). The van der Waals surface area contributed by atoms with Crippen molar-refractivity contribution in [1.82, 2.24) is 0 Å². The number of carbonyl (C=O) groups excluding carboxylic acids is 1. The van der Waals surface area contributed by atoms with E-state index in [4.69, 9.17) is 16.7 Å². The first-order chi connectivity index (χ1) is 7.13. The number of aliphatic hydroxyl groups excluding tert-OH is 1. The van der Waals surface area contributed by atoms with Crippen LogP contribution in [0.2, 0.25) is 5.02 Å². The molecule has 0 radical (unpaired) electrons. The summed E-state index contributed by atoms with van der Waals surface area (Å²) in [5.41, 5.74) is 1.67. The molecule has 0 aromatic heterocycles. The minimum Gasteiger partial charge on any atom is -0.396 e. The maximum Gasteiger partial charge on any atom is 0.224 e. The summed E-state index contributed by atoms with van der Waals surface area (Å²) < 4.78 is 0. The average molecular weight is 228 g/mol. The highest BCUT2D eigenvalue weighted by molar-refractivity contribution is 6.33. The third kappa shape index (κ3) is 3.90. The van der Waals surface area contributed by atoms with E-state index < -0.39 is 0 Å². The first-order valence-corrected chi connectivity index (χ1v) is 5.18. The molecule has 0 aliphatic heterocycles. The zero-order valence-electron chi connectivity index (χ0n) is 8.59. The van der Waals surface area contributed by atoms with Crippen LogP contribution in [0.15, 0.2) is 18.2 Å². The van der Waals surface area contributed by atoms with Crippen molar-refractivity contribution in [2.45, 2.75) is 19.8 Å². The number of hydrogen-bond acceptors (Lipinski definition) is 2. The zero-order valence-corrected chi connectivity index (χ0v) is 9.34. The lowest BCUT2D eigenvalue weighted by molar-refractivity contribution is -0.116. The van der Waals surface area contributed by atoms with Crippen LogP contribution in [0.1, 0.15) is 18.4 Å². The van der Waals surface area contributed by atoms with Crippen molar-refractivity contribution in [3.8, 4) is 0 Å². The monoisotopic (exact) mass is 227 g/mol. The van der Waals surface area contributed by atoms with Crippen molar-refractivity contribution in [3.63, 3.8) is 0 Å². The number of rotatable bonds is 4. The molecule has 0 aliphatic carbocycles. The molecule has 15 heavy (non-hydrogen) atoms. The van der Waals surface area contributed by atoms with Gasteiger partial charge in [0, 0.05) is 13.0 Å². The lowest BCUT2D eigenvalue weighted by atomic mass is 10.2. The minimum atomic E-state index is -0.130. The van der Waals surface area contributed by atoms with Crippen molar-refractivity contribution in [2.75, 3.05) is 11.9 Å². The Morgan fingerprint density at radius 2 is 2.27 bits per heavy atom. The topological polar surface area (TPSA) is 49.3 Å². The summed E-state index contributed by atoms with van der Waals surface area (Å²) in [4.78, 5) is 11.3. The van der Waals surface area contributed by atoms with E-state index in [0.29, 0.717) is 23.6 Å². The van der Waals surface area contributed by atoms with Gasteiger partial charge in [-0.15, -0.1) is 0 Å². The van der Waals surface area contributed by atoms with Crippen LogP contribution in [0.4, 0.5) is 5.69 Å². The van der Waals surface area contributed by atoms with E-state index in [2.05, 4.69) is 5.32 Å². The molecule has 1 rings (SSSR count). The van der Waals surface area contributed by atoms with Crippen molar-refractivity contribution in [2.24, 2.45) is 0 Å². The number of hydrogen-bond donors (Lipinski definition) is 2. The van der Waals surface area contributed by atoms with Crippen LogP contribution >= 0.6 is 11.6 Å². The van der Waals surface area contributed by atoms with Gasteiger partial charge in [-0.1, -0.05) is 17.7 Å². The smallest absolute Gasteiger partial charge is 0.224 e. The van der Waals surface area contributed by atoms with Crippen LogP contribution in [0, 0.1) is 6.92 Å². The van der Waals surface area contributed by atoms with Crippen molar-refractivity contribution in [3.05, 3.63) is 28.8 Å². The van der Waals surface area contributed by atoms with Gasteiger partial charge < -0.3 is 10.4 Å². The minimum absolute atomic E-state index is 0.0229. The Kier molecular flexibility index (Phi) is 4.59. The zero-order chi connectivity index (χ0) is 11.3. The summed E-state index contributed by atoms with van der Waals surface area (Å²) in [6.07, 6.45) is 0.774. The second kappa shape index (κ2) is 5.73. The predicted molar refractivity (Wildman–Crippen MR) is 61.1 cm³/mol. The van der Waals surface area contributed by atoms with Crippen molar-refractivity contribution < 1.29 is 9.90 Å². The predicted octanol–water partition coefficient (Wildman–Crippen LogP) is 2.36. The second-order valence-corrected chi connectivity index (χ2v) is 3.77. The summed E-state index contributed by atoms with van der Waals surface area (Å²) in [5.74, 6) is -0.130. The summed E-state index contributed by atoms with van der Waals surface area (Å²) in [6, 6.07) is 5.45. The third-order valence-corrected chi connectivity index (χ3v) is 2.27. The summed E-state index contributed by atoms with van der Waals surface area (Å²) in [6.45, 7) is 1.96. The molecule has 0 heterocycles. The maximum atomic E-state index is 11.3. The van der Waals surface area contributed by atoms with E-state index in [9.17, 15) is 4.79 Å². The Morgan fingerprint density at radius 1 is 1.53 bits per heavy atom. The molecule has 0 fully saturated rings. The van der Waals surface area contributed by atoms with E-state index >= 15 is 0 Å². The fourth-order valence-corrected chi connectivity index (χ4v) is 1.46. The molecule has 0 aliphatic rings. The molecule has 3 nitrogen and oxygen atoms in total. The summed E-state index contributed by atoms with van der Waals surface area (Å²) >= 11 is 5.94. The normalized spacial score (nSPS) is 10.1. The molecule has 82 valence electrons. The molecule has 0 saturated carbocycles. The molecule has 2 N–H and O–H groups in total. The molecule has 1 aromatic rings. The van der Waals surface area contributed by atoms with Crippen LogP contribution in [0.25, 0.3) is 0 Å². The van der Waals surface area contributed by atoms with Gasteiger partial charge in [0.2, 0.25) is 5.91 Å². The van der Waals surface area contributed by atoms with Gasteiger partial charge in [0.1, 0.15) is 0 Å². The Bertz CT molecular complexity index is 352. The SMILES string of the molecule is Cc1ccc(NC(=O)CCCO)c(Cl)c1. The van der Waals surface area contributed by atoms with E-state index in [1.165, 1.54) is 0 Å². The summed E-state index contributed by atoms with van der Waals surface area (Å²) in [5, 5.41) is 11.8. The largest absolute Gasteiger partial charge is 0.396 e. The first kappa shape index (κ1) is 12.0. The lowest BCUT2D eigenvalue weighted by Crippen LogP contribution is -2.12. The molecule has 4 heteroatoms. The van der Waals surface area contributed by atoms with Crippen LogP contribution in [0.5, 0.6) is 0 Å². The molecule has 1 aromatic carbocycles. The molecule has 0 saturated heterocycles. The molecular weight excluding hydrogens is 214 g/mol. The number of anilines is 1. The van der Waals surface area contributed by atoms with Gasteiger partial charge in [0.25, 0.3) is 0 Å². The van der Waals surface area contributed by atoms with Crippen molar-refractivity contribution in [1.29, 1.82) is 0 Å². The van der Waals surface area contributed by atoms with Crippen LogP contribution in [0.3, 0.4) is 0 Å². The molecule has 0 atom stereocenters. The fraction of sp³-hybridized carbons (Fsp3) is 0.364. The number of benzene rings is 1. The first-order valence-electron chi connectivity index (χ1n) is 4.80. The van der Waals surface area contributed by atoms with Gasteiger partial charge >= 0.3 is 0 Å². The van der Waals surface area contributed by atoms with E-state index in [0.717, 1.165) is 5.56 Å². The number of carbonyl (C=O) groups is 1. The van der Waals surface area contributed by atoms with E-state index in [-0.39, 0.29) is 12.5 Å². The molecule has 0 unspecified atom stereocenters. The highest BCUT2D eigenvalue weighted by Crippen LogP contribution is 2.22. The quantitative estimate of drug-likeness (QED) is 0.830. The van der Waals surface area contributed by atoms with Gasteiger partial charge in [0.15, 0.2) is 0 Å². The van der Waals surface area contributed by atoms with E-state index in [1.807, 2.05) is 13.0 Å². The van der Waals surface area contributed by atoms with Gasteiger partial charge in [-0.2, -0.15) is 0 Å². The Balaban J connectivity index is 2.60. The Labute approximate surface area is 94.1 Å². The fourth-order valence-electron chi connectivity index (χ4n) is 1.17. The highest BCUT2D eigenvalue weighted by atomic mass is 35.5. The second-order valence-electron chi connectivity index (χ2n) is 3.36. The number of aliphatic hydroxyl groups is 1. The van der Waals surface area contributed by atoms with Crippen molar-refractivity contribution >= 4 is 23.2 Å². The van der Waals surface area contributed by atoms with Gasteiger partial charge in [-0.05, 0) is 31.0 Å². The molecule has 1 amide bonds. The number of halogens is 1. The maximum absolute atomic E-state index is 11.3. The number of aryl methyl sites for hydroxylation is 1. The highest BCUT2D eigenvalue weighted by Gasteiger charge is 2.05. The van der Waals surface area contributed by atoms with Crippen LogP contribution < -0.4 is 5.32 Å². The van der Waals surface area contributed by atoms with Crippen LogP contribution in [-0.2, 0) is 4.79 Å². The van der Waals surface area contributed by atoms with Crippen LogP contribution in [-0.4, -0.2) is 17.6 Å². The Morgan fingerprint density at radius 3 is 2.87 bits per heavy atom. The Hall–Kier alpha value is -1.06. The third-order valence-electron chi connectivity index (χ3n) is 1.96. The van der Waals surface area contributed by atoms with Gasteiger partial charge in [-0.3, -0.25) is 4.79 Å². The van der Waals surface area contributed by atoms with Gasteiger partial charge in [-0.25, -0.2) is 0 Å². The van der Waals surface area contributed by atoms with Gasteiger partial charge in [0.05, 0.1) is 10.7 Å². The average Bonchev–Trinajstić information content (AvgIpc) is 2.19. The lowest BCUT2D eigenvalue weighted by Gasteiger charge is -2.07. The van der Waals surface area contributed by atoms with E-state index in [1.54, 1.807) is 12.1 Å². The molecule has 0 bridgehead atoms. The number of amides is 1. The molecular formula is C11H14ClNO2.